The largest absolute Gasteiger partial charge is 0.497 e. The normalized spacial score (nSPS) is 27.7. The van der Waals surface area contributed by atoms with Gasteiger partial charge in [0.05, 0.1) is 29.2 Å². The van der Waals surface area contributed by atoms with Gasteiger partial charge in [0.25, 0.3) is 0 Å². The molecule has 1 amide bonds. The molecule has 2 aromatic heterocycles. The molecule has 2 fully saturated rings. The first-order valence-electron chi connectivity index (χ1n) is 11.0. The van der Waals surface area contributed by atoms with Gasteiger partial charge in [-0.3, -0.25) is 14.2 Å². The van der Waals surface area contributed by atoms with E-state index in [1.54, 1.807) is 42.2 Å². The van der Waals surface area contributed by atoms with Crippen LogP contribution in [0.2, 0.25) is 0 Å². The van der Waals surface area contributed by atoms with Gasteiger partial charge in [-0.05, 0) is 73.4 Å². The highest BCUT2D eigenvalue weighted by Gasteiger charge is 2.55. The van der Waals surface area contributed by atoms with Crippen LogP contribution in [0, 0.1) is 17.8 Å². The van der Waals surface area contributed by atoms with E-state index in [2.05, 4.69) is 5.32 Å². The number of thiazole rings is 1. The van der Waals surface area contributed by atoms with Crippen LogP contribution in [-0.2, 0) is 11.3 Å². The van der Waals surface area contributed by atoms with Crippen molar-refractivity contribution in [3.8, 4) is 5.75 Å². The van der Waals surface area contributed by atoms with Crippen molar-refractivity contribution in [3.05, 3.63) is 63.0 Å². The van der Waals surface area contributed by atoms with Crippen molar-refractivity contribution < 1.29 is 13.9 Å². The molecular weight excluding hydrogens is 444 g/mol. The molecule has 0 unspecified atom stereocenters. The minimum atomic E-state index is -0.205. The quantitative estimate of drug-likeness (QED) is 0.582. The van der Waals surface area contributed by atoms with Gasteiger partial charge in [-0.1, -0.05) is 11.3 Å². The van der Waals surface area contributed by atoms with Gasteiger partial charge in [-0.25, -0.2) is 0 Å². The van der Waals surface area contributed by atoms with E-state index in [1.807, 2.05) is 23.9 Å². The number of amides is 1. The Labute approximate surface area is 194 Å². The highest BCUT2D eigenvalue weighted by atomic mass is 32.2. The predicted molar refractivity (Wildman–Crippen MR) is 125 cm³/mol. The molecule has 3 aromatic rings. The monoisotopic (exact) mass is 468 g/mol. The summed E-state index contributed by atoms with van der Waals surface area (Å²) in [4.78, 5) is 26.8. The highest BCUT2D eigenvalue weighted by Crippen LogP contribution is 2.64. The Balaban J connectivity index is 1.32. The van der Waals surface area contributed by atoms with Crippen LogP contribution in [-0.4, -0.2) is 22.8 Å². The van der Waals surface area contributed by atoms with Crippen LogP contribution in [0.4, 0.5) is 5.69 Å². The fourth-order valence-corrected chi connectivity index (χ4v) is 9.02. The number of nitrogens with zero attached hydrogens (tertiary/aromatic N) is 1. The summed E-state index contributed by atoms with van der Waals surface area (Å²) in [7, 11) is 1.61. The van der Waals surface area contributed by atoms with E-state index in [0.717, 1.165) is 21.4 Å². The number of rotatable bonds is 5. The number of anilines is 1. The molecule has 2 bridgehead atoms. The maximum Gasteiger partial charge on any atom is 0.308 e. The summed E-state index contributed by atoms with van der Waals surface area (Å²) in [6.45, 7) is 0.0139. The molecule has 2 aliphatic carbocycles. The van der Waals surface area contributed by atoms with Crippen molar-refractivity contribution in [2.24, 2.45) is 17.8 Å². The number of aromatic nitrogens is 1. The molecular formula is C24H24N2O4S2. The lowest BCUT2D eigenvalue weighted by Crippen LogP contribution is -2.34. The molecule has 0 radical (unpaired) electrons. The van der Waals surface area contributed by atoms with Crippen molar-refractivity contribution in [2.75, 3.05) is 12.4 Å². The Morgan fingerprint density at radius 2 is 2.03 bits per heavy atom. The van der Waals surface area contributed by atoms with E-state index in [1.165, 1.54) is 30.6 Å². The molecule has 0 saturated heterocycles. The molecule has 3 aliphatic rings. The topological polar surface area (TPSA) is 73.5 Å². The Morgan fingerprint density at radius 1 is 1.22 bits per heavy atom. The van der Waals surface area contributed by atoms with E-state index in [0.29, 0.717) is 28.7 Å². The molecule has 32 heavy (non-hydrogen) atoms. The average Bonchev–Trinajstić information content (AvgIpc) is 3.59. The minimum absolute atomic E-state index is 0.0139. The Morgan fingerprint density at radius 3 is 2.78 bits per heavy atom. The Hall–Kier alpha value is -2.45. The van der Waals surface area contributed by atoms with Gasteiger partial charge < -0.3 is 14.5 Å². The molecule has 0 spiro atoms. The summed E-state index contributed by atoms with van der Waals surface area (Å²) >= 11 is 3.11. The van der Waals surface area contributed by atoms with Gasteiger partial charge >= 0.3 is 4.87 Å². The summed E-state index contributed by atoms with van der Waals surface area (Å²) in [5.41, 5.74) is 0.683. The number of benzene rings is 1. The number of thioether (sulfide) groups is 1. The number of hydrogen-bond acceptors (Lipinski definition) is 6. The third-order valence-electron chi connectivity index (χ3n) is 7.22. The summed E-state index contributed by atoms with van der Waals surface area (Å²) in [5.74, 6) is 3.49. The molecule has 6 rings (SSSR count). The van der Waals surface area contributed by atoms with Crippen molar-refractivity contribution >= 4 is 34.7 Å². The van der Waals surface area contributed by atoms with Gasteiger partial charge in [0, 0.05) is 10.9 Å². The Kier molecular flexibility index (Phi) is 4.95. The van der Waals surface area contributed by atoms with Crippen molar-refractivity contribution in [1.82, 2.24) is 4.57 Å². The fourth-order valence-electron chi connectivity index (χ4n) is 5.89. The van der Waals surface area contributed by atoms with E-state index >= 15 is 0 Å². The van der Waals surface area contributed by atoms with Crippen molar-refractivity contribution in [3.63, 3.8) is 0 Å². The smallest absolute Gasteiger partial charge is 0.308 e. The minimum Gasteiger partial charge on any atom is -0.497 e. The molecule has 1 aliphatic heterocycles. The summed E-state index contributed by atoms with van der Waals surface area (Å²) in [6, 6.07) is 11.2. The lowest BCUT2D eigenvalue weighted by atomic mass is 9.77. The summed E-state index contributed by atoms with van der Waals surface area (Å²) < 4.78 is 12.7. The number of fused-ring (bicyclic) bond motifs is 6. The van der Waals surface area contributed by atoms with Crippen LogP contribution in [0.1, 0.15) is 35.8 Å². The van der Waals surface area contributed by atoms with Crippen LogP contribution < -0.4 is 14.9 Å². The third kappa shape index (κ3) is 3.23. The van der Waals surface area contributed by atoms with Gasteiger partial charge in [0.1, 0.15) is 18.1 Å². The SMILES string of the molecule is COc1ccc(NC(=O)Cn2c3c(sc2=O)[C@@H](c2ccco2)[C@@H]2[C@H]4CC[C@@H](C4)[C@H]2S3)cc1. The number of carbonyl (C=O) groups excluding carboxylic acids is 1. The van der Waals surface area contributed by atoms with E-state index in [4.69, 9.17) is 9.15 Å². The highest BCUT2D eigenvalue weighted by molar-refractivity contribution is 8.00. The molecule has 3 heterocycles. The second kappa shape index (κ2) is 7.85. The van der Waals surface area contributed by atoms with Crippen LogP contribution >= 0.6 is 23.1 Å². The Bertz CT molecular complexity index is 1200. The van der Waals surface area contributed by atoms with Crippen LogP contribution in [0.5, 0.6) is 5.75 Å². The number of carbonyl (C=O) groups is 1. The number of furan rings is 1. The van der Waals surface area contributed by atoms with E-state index in [-0.39, 0.29) is 23.2 Å². The van der Waals surface area contributed by atoms with Gasteiger partial charge in [0.15, 0.2) is 0 Å². The lowest BCUT2D eigenvalue weighted by molar-refractivity contribution is -0.116. The van der Waals surface area contributed by atoms with Crippen LogP contribution in [0.15, 0.2) is 56.9 Å². The molecule has 166 valence electrons. The van der Waals surface area contributed by atoms with Gasteiger partial charge in [0.2, 0.25) is 5.91 Å². The number of hydrogen-bond donors (Lipinski definition) is 1. The summed E-state index contributed by atoms with van der Waals surface area (Å²) in [6.07, 6.45) is 5.54. The molecule has 1 aromatic carbocycles. The summed E-state index contributed by atoms with van der Waals surface area (Å²) in [5, 5.41) is 4.35. The third-order valence-corrected chi connectivity index (χ3v) is 10.0. The van der Waals surface area contributed by atoms with Crippen molar-refractivity contribution in [1.29, 1.82) is 0 Å². The van der Waals surface area contributed by atoms with Crippen molar-refractivity contribution in [2.45, 2.75) is 42.0 Å². The molecule has 8 heteroatoms. The zero-order valence-electron chi connectivity index (χ0n) is 17.7. The van der Waals surface area contributed by atoms with Crippen LogP contribution in [0.25, 0.3) is 0 Å². The lowest BCUT2D eigenvalue weighted by Gasteiger charge is -2.39. The standard InChI is InChI=1S/C24H24N2O4S2/c1-29-16-8-6-15(7-9-16)25-18(27)12-26-23-22(32-24(26)28)20(17-3-2-10-30-17)19-13-4-5-14(11-13)21(19)31-23/h2-3,6-10,13-14,19-21H,4-5,11-12H2,1H3,(H,25,27)/t13-,14-,19-,20-,21+/m0/s1. The maximum atomic E-state index is 13.0. The molecule has 2 saturated carbocycles. The van der Waals surface area contributed by atoms with Crippen LogP contribution in [0.3, 0.4) is 0 Å². The number of nitrogens with one attached hydrogen (secondary N) is 1. The average molecular weight is 469 g/mol. The number of ether oxygens (including phenoxy) is 1. The van der Waals surface area contributed by atoms with E-state index < -0.39 is 0 Å². The predicted octanol–water partition coefficient (Wildman–Crippen LogP) is 4.80. The van der Waals surface area contributed by atoms with E-state index in [9.17, 15) is 9.59 Å². The first-order valence-corrected chi connectivity index (χ1v) is 12.7. The molecule has 1 N–H and O–H groups in total. The first-order chi connectivity index (χ1) is 15.6. The van der Waals surface area contributed by atoms with Gasteiger partial charge in [-0.15, -0.1) is 11.8 Å². The van der Waals surface area contributed by atoms with Gasteiger partial charge in [-0.2, -0.15) is 0 Å². The zero-order valence-corrected chi connectivity index (χ0v) is 19.3. The second-order valence-electron chi connectivity index (χ2n) is 8.89. The maximum absolute atomic E-state index is 13.0. The number of methoxy groups -OCH3 is 1. The first kappa shape index (κ1) is 20.2. The molecule has 6 nitrogen and oxygen atoms in total. The fraction of sp³-hybridized carbons (Fsp3) is 0.417. The second-order valence-corrected chi connectivity index (χ2v) is 11.0. The molecule has 5 atom stereocenters. The zero-order chi connectivity index (χ0) is 21.8.